The van der Waals surface area contributed by atoms with Gasteiger partial charge in [0.05, 0.1) is 11.0 Å². The highest BCUT2D eigenvalue weighted by Crippen LogP contribution is 2.87. The summed E-state index contributed by atoms with van der Waals surface area (Å²) in [6.45, 7) is 7.96. The lowest BCUT2D eigenvalue weighted by Crippen LogP contribution is -2.77. The van der Waals surface area contributed by atoms with E-state index in [4.69, 9.17) is 15.2 Å². The second kappa shape index (κ2) is 12.9. The van der Waals surface area contributed by atoms with Crippen molar-refractivity contribution in [2.45, 2.75) is 134 Å². The highest BCUT2D eigenvalue weighted by molar-refractivity contribution is 6.00. The lowest BCUT2D eigenvalue weighted by Gasteiger charge is -2.71. The average Bonchev–Trinajstić information content (AvgIpc) is 3.71. The summed E-state index contributed by atoms with van der Waals surface area (Å²) in [4.78, 5) is 37.0. The molecule has 1 saturated carbocycles. The number of ether oxygens (including phenoxy) is 2. The lowest BCUT2D eigenvalue weighted by atomic mass is 9.29. The van der Waals surface area contributed by atoms with E-state index >= 15 is 4.79 Å². The predicted molar refractivity (Wildman–Crippen MR) is 237 cm³/mol. The van der Waals surface area contributed by atoms with Crippen LogP contribution in [-0.4, -0.2) is 59.5 Å². The number of carbonyl (C=O) groups is 2. The largest absolute Gasteiger partial charge is 0.449 e. The molecule has 5 aliphatic carbocycles. The Kier molecular flexibility index (Phi) is 7.77. The standard InChI is InChI=1S/C55H63N3O4/c1-30-22-36-16-18-44-38-25-39-29-58(44)50(36)49-40-19-20-53-46(27-35-15-17-43(39)57(28-38)31(35)2)61-52(60)54(53)42(40)26-37(47(30)49)24-33-10-5-9-32(23-33)8-3-4-14-45(54)55(53)41-13-6-11-34(12-7-21-56)48(41)51(59)62-55/h5-6,9-11,13,23,26-27,30-31,35,38-39,43-45,47,49H,3-4,7-8,12,14-22,24-25,28-29,56H2,1-2H3/b46-27-/t30-,31-,35-,38-,39-,43-,44+,45+,47+,49+,53-,54+,55-/m1/s1. The third-order valence-corrected chi connectivity index (χ3v) is 20.2. The van der Waals surface area contributed by atoms with Crippen LogP contribution in [-0.2, 0) is 39.1 Å². The van der Waals surface area contributed by atoms with Gasteiger partial charge in [-0.1, -0.05) is 78.6 Å². The molecular weight excluding hydrogens is 767 g/mol. The van der Waals surface area contributed by atoms with Crippen LogP contribution in [0.2, 0.25) is 0 Å². The molecule has 14 bridgehead atoms. The van der Waals surface area contributed by atoms with Gasteiger partial charge >= 0.3 is 11.9 Å². The summed E-state index contributed by atoms with van der Waals surface area (Å²) in [7, 11) is 0. The molecule has 0 aromatic heterocycles. The van der Waals surface area contributed by atoms with Crippen LogP contribution in [0.25, 0.3) is 0 Å². The van der Waals surface area contributed by atoms with Crippen molar-refractivity contribution in [1.29, 1.82) is 0 Å². The van der Waals surface area contributed by atoms with Gasteiger partial charge in [0.1, 0.15) is 11.2 Å². The number of benzene rings is 2. The number of hydrogen-bond acceptors (Lipinski definition) is 7. The maximum atomic E-state index is 16.1. The molecule has 3 spiro atoms. The van der Waals surface area contributed by atoms with Gasteiger partial charge in [-0.15, -0.1) is 0 Å². The summed E-state index contributed by atoms with van der Waals surface area (Å²) in [6, 6.07) is 17.4. The summed E-state index contributed by atoms with van der Waals surface area (Å²) >= 11 is 0. The highest BCUT2D eigenvalue weighted by Gasteiger charge is 2.92. The molecule has 2 aromatic rings. The molecule has 8 heterocycles. The Morgan fingerprint density at radius 3 is 2.69 bits per heavy atom. The molecule has 0 amide bonds. The molecule has 2 N–H and O–H groups in total. The monoisotopic (exact) mass is 829 g/mol. The van der Waals surface area contributed by atoms with Gasteiger partial charge in [-0.25, -0.2) is 4.79 Å². The predicted octanol–water partition coefficient (Wildman–Crippen LogP) is 9.11. The Morgan fingerprint density at radius 2 is 1.79 bits per heavy atom. The smallest absolute Gasteiger partial charge is 0.339 e. The van der Waals surface area contributed by atoms with Crippen molar-refractivity contribution in [2.75, 3.05) is 19.6 Å². The third kappa shape index (κ3) is 4.33. The van der Waals surface area contributed by atoms with E-state index in [1.165, 1.54) is 73.0 Å². The highest BCUT2D eigenvalue weighted by atomic mass is 16.6. The van der Waals surface area contributed by atoms with Gasteiger partial charge in [-0.2, -0.15) is 0 Å². The zero-order chi connectivity index (χ0) is 41.4. The van der Waals surface area contributed by atoms with Crippen molar-refractivity contribution in [3.63, 3.8) is 0 Å². The SMILES string of the molecule is C[C@@H]1CC2=C3[C@H]4C5=C6C=C(Cc7cccc(c7)CCCC[C@H]7[C@]68C(=O)O/C(=C\[C@H]6CC[C@@H]9[C@@H]%10C[C@H](CN9[C@@H]6C)[C@H](CC2)N3C%10)[C@@]8(CC5)[C@]72OC(=O)c3c(CCCN)cccc32)[C@@H]41. The van der Waals surface area contributed by atoms with E-state index in [2.05, 4.69) is 78.3 Å². The number of nitrogens with zero attached hydrogens (tertiary/aromatic N) is 2. The second-order valence-corrected chi connectivity index (χ2v) is 22.4. The molecule has 13 aliphatic rings. The number of allylic oxidation sites excluding steroid dienone is 4. The molecule has 7 heteroatoms. The normalized spacial score (nSPS) is 44.5. The van der Waals surface area contributed by atoms with Crippen LogP contribution in [0.1, 0.15) is 124 Å². The quantitative estimate of drug-likeness (QED) is 0.309. The summed E-state index contributed by atoms with van der Waals surface area (Å²) in [5.41, 5.74) is 16.6. The first-order valence-corrected chi connectivity index (χ1v) is 25.0. The molecule has 1 unspecified atom stereocenters. The molecule has 7 nitrogen and oxygen atoms in total. The average molecular weight is 830 g/mol. The molecule has 322 valence electrons. The van der Waals surface area contributed by atoms with Crippen LogP contribution in [0.3, 0.4) is 0 Å². The van der Waals surface area contributed by atoms with Crippen LogP contribution in [0.5, 0.6) is 0 Å². The molecule has 4 saturated heterocycles. The van der Waals surface area contributed by atoms with Gasteiger partial charge in [0, 0.05) is 54.3 Å². The van der Waals surface area contributed by atoms with E-state index < -0.39 is 16.4 Å². The molecule has 8 aliphatic heterocycles. The Balaban J connectivity index is 1.08. The number of hydrogen-bond donors (Lipinski definition) is 1. The Bertz CT molecular complexity index is 2500. The first-order valence-electron chi connectivity index (χ1n) is 25.0. The van der Waals surface area contributed by atoms with E-state index in [0.29, 0.717) is 48.3 Å². The molecule has 0 radical (unpaired) electrons. The van der Waals surface area contributed by atoms with Crippen LogP contribution < -0.4 is 5.73 Å². The van der Waals surface area contributed by atoms with Crippen molar-refractivity contribution in [3.05, 3.63) is 116 Å². The summed E-state index contributed by atoms with van der Waals surface area (Å²) in [5.74, 6) is 3.09. The van der Waals surface area contributed by atoms with Crippen molar-refractivity contribution >= 4 is 11.9 Å². The Hall–Kier alpha value is -3.94. The zero-order valence-corrected chi connectivity index (χ0v) is 36.8. The van der Waals surface area contributed by atoms with E-state index in [1.807, 2.05) is 0 Å². The van der Waals surface area contributed by atoms with Gasteiger partial charge in [-0.05, 0) is 161 Å². The van der Waals surface area contributed by atoms with Gasteiger partial charge in [0.25, 0.3) is 0 Å². The summed E-state index contributed by atoms with van der Waals surface area (Å²) in [5, 5.41) is 0. The number of carbonyl (C=O) groups excluding carboxylic acids is 2. The minimum absolute atomic E-state index is 0.0742. The van der Waals surface area contributed by atoms with E-state index in [0.717, 1.165) is 86.7 Å². The lowest BCUT2D eigenvalue weighted by molar-refractivity contribution is -0.275. The van der Waals surface area contributed by atoms with Crippen LogP contribution >= 0.6 is 0 Å². The number of esters is 2. The molecular formula is C55H63N3O4. The van der Waals surface area contributed by atoms with Crippen molar-refractivity contribution in [3.8, 4) is 0 Å². The second-order valence-electron chi connectivity index (χ2n) is 22.4. The van der Waals surface area contributed by atoms with Gasteiger partial charge in [0.15, 0.2) is 5.60 Å². The third-order valence-electron chi connectivity index (χ3n) is 20.2. The fourth-order valence-corrected chi connectivity index (χ4v) is 18.1. The van der Waals surface area contributed by atoms with Crippen molar-refractivity contribution in [2.24, 2.45) is 58.0 Å². The molecule has 2 aromatic carbocycles. The first kappa shape index (κ1) is 37.4. The van der Waals surface area contributed by atoms with Crippen LogP contribution in [0, 0.1) is 52.3 Å². The maximum absolute atomic E-state index is 16.1. The Labute approximate surface area is 367 Å². The van der Waals surface area contributed by atoms with E-state index in [1.54, 1.807) is 11.3 Å². The fourth-order valence-electron chi connectivity index (χ4n) is 18.1. The number of aryl methyl sites for hydroxylation is 2. The van der Waals surface area contributed by atoms with Crippen molar-refractivity contribution in [1.82, 2.24) is 9.80 Å². The zero-order valence-electron chi connectivity index (χ0n) is 36.8. The van der Waals surface area contributed by atoms with E-state index in [-0.39, 0.29) is 29.7 Å². The number of rotatable bonds is 3. The van der Waals surface area contributed by atoms with E-state index in [9.17, 15) is 4.79 Å². The molecule has 62 heavy (non-hydrogen) atoms. The topological polar surface area (TPSA) is 85.1 Å². The molecule has 15 rings (SSSR count). The maximum Gasteiger partial charge on any atom is 0.339 e. The van der Waals surface area contributed by atoms with Crippen LogP contribution in [0.4, 0.5) is 0 Å². The fraction of sp³-hybridized carbons (Fsp3) is 0.600. The molecule has 14 atom stereocenters. The summed E-state index contributed by atoms with van der Waals surface area (Å²) in [6.07, 6.45) is 20.3. The number of piperidine rings is 3. The van der Waals surface area contributed by atoms with Gasteiger partial charge < -0.3 is 20.1 Å². The van der Waals surface area contributed by atoms with Crippen LogP contribution in [0.15, 0.2) is 88.4 Å². The van der Waals surface area contributed by atoms with Crippen molar-refractivity contribution < 1.29 is 19.1 Å². The summed E-state index contributed by atoms with van der Waals surface area (Å²) < 4.78 is 14.4. The minimum atomic E-state index is -0.993. The first-order chi connectivity index (χ1) is 30.3. The Morgan fingerprint density at radius 1 is 0.919 bits per heavy atom. The van der Waals surface area contributed by atoms with Gasteiger partial charge in [-0.3, -0.25) is 9.69 Å². The van der Waals surface area contributed by atoms with Gasteiger partial charge in [0.2, 0.25) is 0 Å². The minimum Gasteiger partial charge on any atom is -0.449 e. The number of fused-ring (bicyclic) bond motifs is 7. The number of nitrogens with two attached hydrogens (primary N) is 1. The molecule has 5 fully saturated rings.